The molecule has 0 spiro atoms. The molecular weight excluding hydrogens is 260 g/mol. The number of aliphatic carboxylic acids is 2. The van der Waals surface area contributed by atoms with Crippen LogP contribution in [0, 0.1) is 11.3 Å². The Balaban J connectivity index is 2.59. The van der Waals surface area contributed by atoms with E-state index in [-0.39, 0.29) is 18.8 Å². The minimum atomic E-state index is -1.70. The van der Waals surface area contributed by atoms with Gasteiger partial charge in [-0.05, 0) is 31.6 Å². The van der Waals surface area contributed by atoms with Crippen molar-refractivity contribution in [1.29, 1.82) is 0 Å². The van der Waals surface area contributed by atoms with Crippen molar-refractivity contribution in [2.75, 3.05) is 0 Å². The minimum Gasteiger partial charge on any atom is -0.480 e. The Morgan fingerprint density at radius 1 is 1.20 bits per heavy atom. The van der Waals surface area contributed by atoms with Crippen LogP contribution in [0.5, 0.6) is 0 Å². The second-order valence-electron chi connectivity index (χ2n) is 5.97. The SMILES string of the molecule is CCCCCCC(O)C1CCCC(C(=O)O)(C(=O)O)C1. The van der Waals surface area contributed by atoms with Crippen molar-refractivity contribution in [3.8, 4) is 0 Å². The van der Waals surface area contributed by atoms with Crippen molar-refractivity contribution in [1.82, 2.24) is 0 Å². The van der Waals surface area contributed by atoms with E-state index >= 15 is 0 Å². The smallest absolute Gasteiger partial charge is 0.321 e. The van der Waals surface area contributed by atoms with Crippen molar-refractivity contribution in [2.24, 2.45) is 11.3 Å². The average molecular weight is 286 g/mol. The summed E-state index contributed by atoms with van der Waals surface area (Å²) in [7, 11) is 0. The summed E-state index contributed by atoms with van der Waals surface area (Å²) in [6.45, 7) is 2.12. The van der Waals surface area contributed by atoms with Crippen LogP contribution < -0.4 is 0 Å². The Morgan fingerprint density at radius 3 is 2.40 bits per heavy atom. The molecule has 1 saturated carbocycles. The monoisotopic (exact) mass is 286 g/mol. The molecule has 5 nitrogen and oxygen atoms in total. The van der Waals surface area contributed by atoms with Crippen LogP contribution in [-0.4, -0.2) is 33.4 Å². The van der Waals surface area contributed by atoms with E-state index < -0.39 is 23.5 Å². The molecule has 5 heteroatoms. The first-order valence-corrected chi connectivity index (χ1v) is 7.59. The van der Waals surface area contributed by atoms with Gasteiger partial charge in [0.05, 0.1) is 6.10 Å². The topological polar surface area (TPSA) is 94.8 Å². The molecule has 116 valence electrons. The fourth-order valence-electron chi connectivity index (χ4n) is 3.14. The largest absolute Gasteiger partial charge is 0.480 e. The molecule has 3 N–H and O–H groups in total. The number of hydrogen-bond acceptors (Lipinski definition) is 3. The molecule has 1 fully saturated rings. The second-order valence-corrected chi connectivity index (χ2v) is 5.97. The third-order valence-electron chi connectivity index (χ3n) is 4.51. The normalized spacial score (nSPS) is 23.2. The first-order valence-electron chi connectivity index (χ1n) is 7.59. The molecule has 0 aromatic rings. The summed E-state index contributed by atoms with van der Waals surface area (Å²) < 4.78 is 0. The third kappa shape index (κ3) is 3.95. The number of rotatable bonds is 8. The van der Waals surface area contributed by atoms with Crippen molar-refractivity contribution in [3.63, 3.8) is 0 Å². The van der Waals surface area contributed by atoms with Crippen LogP contribution in [-0.2, 0) is 9.59 Å². The lowest BCUT2D eigenvalue weighted by atomic mass is 9.67. The van der Waals surface area contributed by atoms with E-state index in [9.17, 15) is 24.9 Å². The number of aliphatic hydroxyl groups excluding tert-OH is 1. The molecule has 0 aromatic heterocycles. The Labute approximate surface area is 120 Å². The number of unbranched alkanes of at least 4 members (excludes halogenated alkanes) is 3. The Bertz CT molecular complexity index is 325. The van der Waals surface area contributed by atoms with Gasteiger partial charge >= 0.3 is 11.9 Å². The second kappa shape index (κ2) is 7.62. The zero-order chi connectivity index (χ0) is 15.2. The molecule has 1 aliphatic rings. The molecule has 0 aromatic carbocycles. The van der Waals surface area contributed by atoms with Gasteiger partial charge in [-0.2, -0.15) is 0 Å². The van der Waals surface area contributed by atoms with Gasteiger partial charge in [0.1, 0.15) is 0 Å². The lowest BCUT2D eigenvalue weighted by molar-refractivity contribution is -0.169. The molecule has 0 heterocycles. The lowest BCUT2D eigenvalue weighted by Crippen LogP contribution is -2.45. The van der Waals surface area contributed by atoms with E-state index in [1.807, 2.05) is 0 Å². The van der Waals surface area contributed by atoms with Gasteiger partial charge in [-0.15, -0.1) is 0 Å². The van der Waals surface area contributed by atoms with E-state index in [1.165, 1.54) is 0 Å². The standard InChI is InChI=1S/C15H26O5/c1-2-3-4-5-8-12(16)11-7-6-9-15(10-11,13(17)18)14(19)20/h11-12,16H,2-10H2,1H3,(H,17,18)(H,19,20). The van der Waals surface area contributed by atoms with Crippen molar-refractivity contribution >= 4 is 11.9 Å². The van der Waals surface area contributed by atoms with Gasteiger partial charge in [0.25, 0.3) is 0 Å². The van der Waals surface area contributed by atoms with Crippen LogP contribution >= 0.6 is 0 Å². The van der Waals surface area contributed by atoms with Gasteiger partial charge in [-0.25, -0.2) is 0 Å². The Kier molecular flexibility index (Phi) is 6.46. The molecule has 0 bridgehead atoms. The molecule has 0 saturated heterocycles. The molecule has 2 unspecified atom stereocenters. The maximum atomic E-state index is 11.3. The maximum absolute atomic E-state index is 11.3. The van der Waals surface area contributed by atoms with Crippen LogP contribution in [0.2, 0.25) is 0 Å². The fourth-order valence-corrected chi connectivity index (χ4v) is 3.14. The number of carbonyl (C=O) groups is 2. The highest BCUT2D eigenvalue weighted by molar-refractivity contribution is 5.98. The summed E-state index contributed by atoms with van der Waals surface area (Å²) in [6.07, 6.45) is 5.77. The molecule has 0 amide bonds. The van der Waals surface area contributed by atoms with Gasteiger partial charge < -0.3 is 15.3 Å². The van der Waals surface area contributed by atoms with Crippen LogP contribution in [0.25, 0.3) is 0 Å². The average Bonchev–Trinajstić information content (AvgIpc) is 2.43. The van der Waals surface area contributed by atoms with Gasteiger partial charge in [0, 0.05) is 0 Å². The summed E-state index contributed by atoms with van der Waals surface area (Å²) >= 11 is 0. The predicted molar refractivity (Wildman–Crippen MR) is 74.4 cm³/mol. The molecule has 2 atom stereocenters. The van der Waals surface area contributed by atoms with Crippen LogP contribution in [0.1, 0.15) is 64.7 Å². The highest BCUT2D eigenvalue weighted by atomic mass is 16.4. The van der Waals surface area contributed by atoms with Gasteiger partial charge in [0.15, 0.2) is 5.41 Å². The lowest BCUT2D eigenvalue weighted by Gasteiger charge is -2.36. The highest BCUT2D eigenvalue weighted by Gasteiger charge is 2.50. The summed E-state index contributed by atoms with van der Waals surface area (Å²) in [5.41, 5.74) is -1.70. The van der Waals surface area contributed by atoms with E-state index in [4.69, 9.17) is 0 Å². The minimum absolute atomic E-state index is 0.0482. The first-order chi connectivity index (χ1) is 9.44. The van der Waals surface area contributed by atoms with Crippen LogP contribution in [0.15, 0.2) is 0 Å². The molecule has 0 radical (unpaired) electrons. The summed E-state index contributed by atoms with van der Waals surface area (Å²) in [4.78, 5) is 22.6. The molecule has 20 heavy (non-hydrogen) atoms. The van der Waals surface area contributed by atoms with Crippen LogP contribution in [0.3, 0.4) is 0 Å². The highest BCUT2D eigenvalue weighted by Crippen LogP contribution is 2.42. The van der Waals surface area contributed by atoms with E-state index in [0.29, 0.717) is 12.8 Å². The number of hydrogen-bond donors (Lipinski definition) is 3. The van der Waals surface area contributed by atoms with E-state index in [0.717, 1.165) is 32.1 Å². The number of aliphatic hydroxyl groups is 1. The van der Waals surface area contributed by atoms with Crippen LogP contribution in [0.4, 0.5) is 0 Å². The number of carboxylic acid groups (broad SMARTS) is 2. The van der Waals surface area contributed by atoms with Crippen molar-refractivity contribution < 1.29 is 24.9 Å². The molecule has 0 aliphatic heterocycles. The van der Waals surface area contributed by atoms with Crippen molar-refractivity contribution in [3.05, 3.63) is 0 Å². The molecular formula is C15H26O5. The zero-order valence-corrected chi connectivity index (χ0v) is 12.2. The van der Waals surface area contributed by atoms with Gasteiger partial charge in [-0.3, -0.25) is 9.59 Å². The first kappa shape index (κ1) is 17.0. The van der Waals surface area contributed by atoms with Gasteiger partial charge in [0.2, 0.25) is 0 Å². The zero-order valence-electron chi connectivity index (χ0n) is 12.2. The summed E-state index contributed by atoms with van der Waals surface area (Å²) in [5, 5.41) is 28.7. The Hall–Kier alpha value is -1.10. The Morgan fingerprint density at radius 2 is 1.85 bits per heavy atom. The van der Waals surface area contributed by atoms with E-state index in [2.05, 4.69) is 6.92 Å². The summed E-state index contributed by atoms with van der Waals surface area (Å²) in [6, 6.07) is 0. The molecule has 1 aliphatic carbocycles. The molecule has 1 rings (SSSR count). The van der Waals surface area contributed by atoms with Crippen molar-refractivity contribution in [2.45, 2.75) is 70.8 Å². The van der Waals surface area contributed by atoms with Gasteiger partial charge in [-0.1, -0.05) is 39.0 Å². The number of carboxylic acids is 2. The fraction of sp³-hybridized carbons (Fsp3) is 0.867. The third-order valence-corrected chi connectivity index (χ3v) is 4.51. The van der Waals surface area contributed by atoms with E-state index in [1.54, 1.807) is 0 Å². The predicted octanol–water partition coefficient (Wildman–Crippen LogP) is 2.66. The maximum Gasteiger partial charge on any atom is 0.321 e. The quantitative estimate of drug-likeness (QED) is 0.471. The summed E-state index contributed by atoms with van der Waals surface area (Å²) in [5.74, 6) is -2.75.